The van der Waals surface area contributed by atoms with E-state index in [0.717, 1.165) is 22.8 Å². The maximum absolute atomic E-state index is 5.68. The number of ether oxygens (including phenoxy) is 1. The van der Waals surface area contributed by atoms with Crippen LogP contribution in [0.5, 0.6) is 5.75 Å². The summed E-state index contributed by atoms with van der Waals surface area (Å²) in [5, 5.41) is 7.66. The van der Waals surface area contributed by atoms with Crippen molar-refractivity contribution in [3.8, 4) is 5.75 Å². The van der Waals surface area contributed by atoms with Gasteiger partial charge in [0.2, 0.25) is 0 Å². The van der Waals surface area contributed by atoms with E-state index in [0.29, 0.717) is 12.4 Å². The van der Waals surface area contributed by atoms with E-state index >= 15 is 0 Å². The molecular weight excluding hydrogens is 254 g/mol. The molecule has 6 heteroatoms. The molecule has 3 aromatic rings. The predicted octanol–water partition coefficient (Wildman–Crippen LogP) is 1.98. The van der Waals surface area contributed by atoms with Crippen LogP contribution in [0.2, 0.25) is 0 Å². The number of hydrogen-bond donors (Lipinski definition) is 1. The average molecular weight is 267 g/mol. The van der Waals surface area contributed by atoms with E-state index in [2.05, 4.69) is 26.4 Å². The molecule has 0 saturated carbocycles. The van der Waals surface area contributed by atoms with E-state index in [-0.39, 0.29) is 6.04 Å². The van der Waals surface area contributed by atoms with Crippen LogP contribution in [0.4, 0.5) is 5.82 Å². The molecule has 0 spiro atoms. The van der Waals surface area contributed by atoms with Gasteiger partial charge in [-0.15, -0.1) is 0 Å². The second-order valence-corrected chi connectivity index (χ2v) is 4.80. The summed E-state index contributed by atoms with van der Waals surface area (Å²) in [6.07, 6.45) is 1.51. The van der Waals surface area contributed by atoms with Crippen LogP contribution in [0, 0.1) is 6.92 Å². The van der Waals surface area contributed by atoms with Gasteiger partial charge in [0.25, 0.3) is 5.78 Å². The largest absolute Gasteiger partial charge is 0.491 e. The van der Waals surface area contributed by atoms with E-state index < -0.39 is 0 Å². The maximum Gasteiger partial charge on any atom is 0.254 e. The summed E-state index contributed by atoms with van der Waals surface area (Å²) in [6, 6.07) is 10.1. The Balaban J connectivity index is 1.74. The van der Waals surface area contributed by atoms with Crippen molar-refractivity contribution in [1.29, 1.82) is 0 Å². The van der Waals surface area contributed by atoms with Crippen LogP contribution in [0.1, 0.15) is 17.3 Å². The van der Waals surface area contributed by atoms with Crippen LogP contribution in [0.15, 0.2) is 36.7 Å². The van der Waals surface area contributed by atoms with E-state index in [1.807, 2.05) is 31.2 Å². The lowest BCUT2D eigenvalue weighted by Gasteiger charge is -2.14. The van der Waals surface area contributed by atoms with Crippen molar-refractivity contribution < 1.29 is 4.74 Å². The first-order valence-electron chi connectivity index (χ1n) is 6.47. The van der Waals surface area contributed by atoms with Crippen molar-refractivity contribution in [2.24, 2.45) is 0 Å². The Bertz CT molecular complexity index is 782. The molecule has 1 atom stereocenters. The van der Waals surface area contributed by atoms with Crippen molar-refractivity contribution >= 4 is 11.6 Å². The smallest absolute Gasteiger partial charge is 0.254 e. The molecule has 1 aromatic carbocycles. The minimum Gasteiger partial charge on any atom is -0.491 e. The molecule has 100 valence electrons. The quantitative estimate of drug-likeness (QED) is 0.769. The molecule has 0 fully saturated rings. The Hall–Kier alpha value is -2.63. The summed E-state index contributed by atoms with van der Waals surface area (Å²) in [7, 11) is 0. The van der Waals surface area contributed by atoms with Crippen molar-refractivity contribution in [3.63, 3.8) is 0 Å². The SMILES string of the molecule is Cc1cc(NC2COc3ccccc32)n2ncnc2n1. The van der Waals surface area contributed by atoms with Crippen molar-refractivity contribution in [2.75, 3.05) is 11.9 Å². The van der Waals surface area contributed by atoms with Gasteiger partial charge in [-0.1, -0.05) is 18.2 Å². The summed E-state index contributed by atoms with van der Waals surface area (Å²) in [5.41, 5.74) is 2.07. The lowest BCUT2D eigenvalue weighted by Crippen LogP contribution is -2.15. The normalized spacial score (nSPS) is 16.9. The third-order valence-electron chi connectivity index (χ3n) is 3.40. The Morgan fingerprint density at radius 2 is 2.25 bits per heavy atom. The molecule has 0 saturated heterocycles. The first kappa shape index (κ1) is 11.2. The highest BCUT2D eigenvalue weighted by molar-refractivity contribution is 5.49. The third kappa shape index (κ3) is 1.69. The molecule has 0 bridgehead atoms. The Kier molecular flexibility index (Phi) is 2.35. The maximum atomic E-state index is 5.68. The summed E-state index contributed by atoms with van der Waals surface area (Å²) in [4.78, 5) is 8.46. The van der Waals surface area contributed by atoms with E-state index in [1.165, 1.54) is 6.33 Å². The molecule has 1 unspecified atom stereocenters. The molecule has 1 aliphatic heterocycles. The van der Waals surface area contributed by atoms with Crippen LogP contribution in [0.3, 0.4) is 0 Å². The highest BCUT2D eigenvalue weighted by Gasteiger charge is 2.24. The second-order valence-electron chi connectivity index (χ2n) is 4.80. The number of aromatic nitrogens is 4. The van der Waals surface area contributed by atoms with Crippen LogP contribution < -0.4 is 10.1 Å². The molecule has 4 rings (SSSR count). The number of nitrogens with zero attached hydrogens (tertiary/aromatic N) is 4. The topological polar surface area (TPSA) is 64.3 Å². The number of nitrogens with one attached hydrogen (secondary N) is 1. The molecule has 0 radical (unpaired) electrons. The van der Waals surface area contributed by atoms with E-state index in [1.54, 1.807) is 4.52 Å². The Morgan fingerprint density at radius 3 is 3.20 bits per heavy atom. The summed E-state index contributed by atoms with van der Waals surface area (Å²) >= 11 is 0. The van der Waals surface area contributed by atoms with Gasteiger partial charge in [0.1, 0.15) is 24.5 Å². The lowest BCUT2D eigenvalue weighted by molar-refractivity contribution is 0.339. The fourth-order valence-electron chi connectivity index (χ4n) is 2.49. The van der Waals surface area contributed by atoms with Crippen LogP contribution >= 0.6 is 0 Å². The van der Waals surface area contributed by atoms with Gasteiger partial charge in [-0.3, -0.25) is 0 Å². The van der Waals surface area contributed by atoms with Crippen LogP contribution in [0.25, 0.3) is 5.78 Å². The molecule has 6 nitrogen and oxygen atoms in total. The van der Waals surface area contributed by atoms with Gasteiger partial charge in [0, 0.05) is 17.3 Å². The third-order valence-corrected chi connectivity index (χ3v) is 3.40. The molecule has 20 heavy (non-hydrogen) atoms. The predicted molar refractivity (Wildman–Crippen MR) is 73.8 cm³/mol. The Labute approximate surface area is 115 Å². The molecule has 0 aliphatic carbocycles. The molecule has 2 aromatic heterocycles. The van der Waals surface area contributed by atoms with Gasteiger partial charge in [-0.2, -0.15) is 14.6 Å². The molecule has 1 N–H and O–H groups in total. The number of anilines is 1. The molecule has 0 amide bonds. The van der Waals surface area contributed by atoms with Crippen LogP contribution in [-0.4, -0.2) is 26.2 Å². The number of fused-ring (bicyclic) bond motifs is 2. The summed E-state index contributed by atoms with van der Waals surface area (Å²) in [5.74, 6) is 2.40. The van der Waals surface area contributed by atoms with Gasteiger partial charge in [0.15, 0.2) is 0 Å². The minimum atomic E-state index is 0.111. The first-order valence-corrected chi connectivity index (χ1v) is 6.47. The number of para-hydroxylation sites is 1. The fraction of sp³-hybridized carbons (Fsp3) is 0.214. The van der Waals surface area contributed by atoms with Gasteiger partial charge < -0.3 is 10.1 Å². The number of aryl methyl sites for hydroxylation is 1. The lowest BCUT2D eigenvalue weighted by atomic mass is 10.1. The summed E-state index contributed by atoms with van der Waals surface area (Å²) < 4.78 is 7.39. The van der Waals surface area contributed by atoms with Gasteiger partial charge >= 0.3 is 0 Å². The zero-order valence-electron chi connectivity index (χ0n) is 10.9. The molecular formula is C14H13N5O. The standard InChI is InChI=1S/C14H13N5O/c1-9-6-13(19-14(17-9)15-8-16-19)18-11-7-20-12-5-3-2-4-10(11)12/h2-6,8,11,18H,7H2,1H3. The number of benzene rings is 1. The fourth-order valence-corrected chi connectivity index (χ4v) is 2.49. The minimum absolute atomic E-state index is 0.111. The van der Waals surface area contributed by atoms with Crippen LogP contribution in [-0.2, 0) is 0 Å². The summed E-state index contributed by atoms with van der Waals surface area (Å²) in [6.45, 7) is 2.55. The van der Waals surface area contributed by atoms with Crippen molar-refractivity contribution in [3.05, 3.63) is 47.9 Å². The zero-order valence-corrected chi connectivity index (χ0v) is 10.9. The highest BCUT2D eigenvalue weighted by atomic mass is 16.5. The highest BCUT2D eigenvalue weighted by Crippen LogP contribution is 2.33. The van der Waals surface area contributed by atoms with E-state index in [4.69, 9.17) is 4.74 Å². The van der Waals surface area contributed by atoms with Gasteiger partial charge in [-0.05, 0) is 13.0 Å². The second kappa shape index (κ2) is 4.19. The number of hydrogen-bond acceptors (Lipinski definition) is 5. The average Bonchev–Trinajstić information content (AvgIpc) is 3.06. The molecule has 1 aliphatic rings. The van der Waals surface area contributed by atoms with Gasteiger partial charge in [-0.25, -0.2) is 4.98 Å². The molecule has 3 heterocycles. The Morgan fingerprint density at radius 1 is 1.35 bits per heavy atom. The number of rotatable bonds is 2. The van der Waals surface area contributed by atoms with Crippen molar-refractivity contribution in [1.82, 2.24) is 19.6 Å². The van der Waals surface area contributed by atoms with Crippen molar-refractivity contribution in [2.45, 2.75) is 13.0 Å². The van der Waals surface area contributed by atoms with Gasteiger partial charge in [0.05, 0.1) is 6.04 Å². The zero-order chi connectivity index (χ0) is 13.5. The first-order chi connectivity index (χ1) is 9.81. The monoisotopic (exact) mass is 267 g/mol. The van der Waals surface area contributed by atoms with E-state index in [9.17, 15) is 0 Å².